The maximum Gasteiger partial charge on any atom is 0.128 e. The second-order valence-electron chi connectivity index (χ2n) is 5.66. The molecule has 1 heterocycles. The summed E-state index contributed by atoms with van der Waals surface area (Å²) in [7, 11) is 2.06. The van der Waals surface area contributed by atoms with Gasteiger partial charge in [0.1, 0.15) is 5.82 Å². The number of hydrogen-bond donors (Lipinski definition) is 1. The first-order chi connectivity index (χ1) is 10.2. The van der Waals surface area contributed by atoms with Crippen molar-refractivity contribution < 1.29 is 0 Å². The van der Waals surface area contributed by atoms with Crippen molar-refractivity contribution in [2.45, 2.75) is 32.0 Å². The van der Waals surface area contributed by atoms with Crippen LogP contribution in [0.4, 0.5) is 5.82 Å². The molecule has 21 heavy (non-hydrogen) atoms. The number of pyridine rings is 1. The molecule has 1 N–H and O–H groups in total. The van der Waals surface area contributed by atoms with Crippen molar-refractivity contribution in [2.75, 3.05) is 11.9 Å². The molecule has 1 fully saturated rings. The van der Waals surface area contributed by atoms with Gasteiger partial charge >= 0.3 is 0 Å². The van der Waals surface area contributed by atoms with Crippen molar-refractivity contribution in [3.63, 3.8) is 0 Å². The van der Waals surface area contributed by atoms with E-state index in [4.69, 9.17) is 11.6 Å². The average Bonchev–Trinajstić information content (AvgIpc) is 3.30. The maximum atomic E-state index is 6.03. The van der Waals surface area contributed by atoms with E-state index < -0.39 is 0 Å². The molecule has 4 heteroatoms. The fourth-order valence-corrected chi connectivity index (χ4v) is 2.53. The second-order valence-corrected chi connectivity index (χ2v) is 6.10. The molecule has 0 bridgehead atoms. The summed E-state index contributed by atoms with van der Waals surface area (Å²) in [5.74, 6) is 0.991. The number of rotatable bonds is 6. The molecule has 1 aromatic heterocycles. The minimum atomic E-state index is 0.728. The Kier molecular flexibility index (Phi) is 4.42. The Morgan fingerprint density at radius 3 is 2.86 bits per heavy atom. The van der Waals surface area contributed by atoms with Gasteiger partial charge in [0.25, 0.3) is 0 Å². The lowest BCUT2D eigenvalue weighted by Crippen LogP contribution is -2.19. The van der Waals surface area contributed by atoms with E-state index in [0.29, 0.717) is 0 Å². The van der Waals surface area contributed by atoms with Crippen molar-refractivity contribution in [1.29, 1.82) is 0 Å². The molecular weight excluding hydrogens is 282 g/mol. The van der Waals surface area contributed by atoms with Crippen LogP contribution in [0.1, 0.15) is 24.0 Å². The first kappa shape index (κ1) is 14.4. The van der Waals surface area contributed by atoms with Crippen LogP contribution in [0.25, 0.3) is 0 Å². The summed E-state index contributed by atoms with van der Waals surface area (Å²) in [6.45, 7) is 1.72. The molecular formula is C17H20ClN3. The van der Waals surface area contributed by atoms with Crippen molar-refractivity contribution in [2.24, 2.45) is 0 Å². The summed E-state index contributed by atoms with van der Waals surface area (Å²) in [6.07, 6.45) is 4.51. The summed E-state index contributed by atoms with van der Waals surface area (Å²) in [5, 5.41) is 4.31. The molecule has 0 amide bonds. The first-order valence-electron chi connectivity index (χ1n) is 7.34. The van der Waals surface area contributed by atoms with E-state index in [1.54, 1.807) is 0 Å². The maximum absolute atomic E-state index is 6.03. The van der Waals surface area contributed by atoms with Crippen molar-refractivity contribution >= 4 is 17.4 Å². The van der Waals surface area contributed by atoms with Gasteiger partial charge in [0, 0.05) is 37.4 Å². The van der Waals surface area contributed by atoms with E-state index in [-0.39, 0.29) is 0 Å². The highest BCUT2D eigenvalue weighted by atomic mass is 35.5. The highest BCUT2D eigenvalue weighted by Crippen LogP contribution is 2.20. The predicted molar refractivity (Wildman–Crippen MR) is 87.7 cm³/mol. The topological polar surface area (TPSA) is 28.2 Å². The van der Waals surface area contributed by atoms with Crippen LogP contribution < -0.4 is 10.2 Å². The number of hydrogen-bond acceptors (Lipinski definition) is 3. The van der Waals surface area contributed by atoms with Crippen molar-refractivity contribution in [3.8, 4) is 0 Å². The van der Waals surface area contributed by atoms with Gasteiger partial charge in [0.15, 0.2) is 0 Å². The lowest BCUT2D eigenvalue weighted by molar-refractivity contribution is 0.686. The number of halogens is 1. The number of benzene rings is 1. The van der Waals surface area contributed by atoms with Crippen molar-refractivity contribution in [1.82, 2.24) is 10.3 Å². The van der Waals surface area contributed by atoms with Crippen LogP contribution in [0.5, 0.6) is 0 Å². The number of nitrogens with zero attached hydrogens (tertiary/aromatic N) is 2. The van der Waals surface area contributed by atoms with Crippen LogP contribution in [-0.4, -0.2) is 18.1 Å². The molecule has 3 nitrogen and oxygen atoms in total. The molecule has 0 spiro atoms. The molecule has 1 saturated carbocycles. The van der Waals surface area contributed by atoms with E-state index in [0.717, 1.165) is 30.0 Å². The summed E-state index contributed by atoms with van der Waals surface area (Å²) in [5.41, 5.74) is 2.47. The zero-order chi connectivity index (χ0) is 14.7. The second kappa shape index (κ2) is 6.46. The predicted octanol–water partition coefficient (Wildman–Crippen LogP) is 3.62. The third kappa shape index (κ3) is 4.19. The Morgan fingerprint density at radius 1 is 1.24 bits per heavy atom. The van der Waals surface area contributed by atoms with Crippen LogP contribution in [-0.2, 0) is 13.1 Å². The number of anilines is 1. The summed E-state index contributed by atoms with van der Waals surface area (Å²) >= 11 is 6.03. The average molecular weight is 302 g/mol. The Morgan fingerprint density at radius 2 is 2.10 bits per heavy atom. The monoisotopic (exact) mass is 301 g/mol. The van der Waals surface area contributed by atoms with Crippen LogP contribution >= 0.6 is 11.6 Å². The van der Waals surface area contributed by atoms with Gasteiger partial charge in [0.2, 0.25) is 0 Å². The van der Waals surface area contributed by atoms with Gasteiger partial charge in [-0.25, -0.2) is 4.98 Å². The third-order valence-corrected chi connectivity index (χ3v) is 3.92. The highest BCUT2D eigenvalue weighted by Gasteiger charge is 2.20. The number of aromatic nitrogens is 1. The zero-order valence-corrected chi connectivity index (χ0v) is 13.0. The Bertz CT molecular complexity index is 610. The Balaban J connectivity index is 1.65. The first-order valence-corrected chi connectivity index (χ1v) is 7.72. The van der Waals surface area contributed by atoms with Crippen LogP contribution in [0.2, 0.25) is 5.02 Å². The van der Waals surface area contributed by atoms with E-state index in [9.17, 15) is 0 Å². The molecule has 1 aliphatic carbocycles. The molecule has 2 aromatic rings. The van der Waals surface area contributed by atoms with E-state index in [2.05, 4.69) is 40.4 Å². The lowest BCUT2D eigenvalue weighted by Gasteiger charge is -2.19. The zero-order valence-electron chi connectivity index (χ0n) is 12.2. The summed E-state index contributed by atoms with van der Waals surface area (Å²) in [6, 6.07) is 12.9. The quantitative estimate of drug-likeness (QED) is 0.883. The molecule has 0 aliphatic heterocycles. The van der Waals surface area contributed by atoms with Crippen molar-refractivity contribution in [3.05, 3.63) is 58.7 Å². The molecule has 110 valence electrons. The van der Waals surface area contributed by atoms with Crippen LogP contribution in [0.15, 0.2) is 42.6 Å². The third-order valence-electron chi connectivity index (χ3n) is 3.68. The molecule has 0 unspecified atom stereocenters. The smallest absolute Gasteiger partial charge is 0.128 e. The molecule has 0 radical (unpaired) electrons. The molecule has 1 aliphatic rings. The van der Waals surface area contributed by atoms with Gasteiger partial charge in [-0.05, 0) is 48.2 Å². The van der Waals surface area contributed by atoms with Gasteiger partial charge in [-0.15, -0.1) is 0 Å². The van der Waals surface area contributed by atoms with Gasteiger partial charge in [-0.2, -0.15) is 0 Å². The van der Waals surface area contributed by atoms with Gasteiger partial charge in [0.05, 0.1) is 0 Å². The lowest BCUT2D eigenvalue weighted by atomic mass is 10.2. The normalized spacial score (nSPS) is 14.2. The summed E-state index contributed by atoms with van der Waals surface area (Å²) < 4.78 is 0. The largest absolute Gasteiger partial charge is 0.355 e. The van der Waals surface area contributed by atoms with E-state index in [1.807, 2.05) is 24.4 Å². The Hall–Kier alpha value is -1.58. The van der Waals surface area contributed by atoms with Crippen LogP contribution in [0, 0.1) is 0 Å². The fourth-order valence-electron chi connectivity index (χ4n) is 2.32. The van der Waals surface area contributed by atoms with Gasteiger partial charge in [-0.3, -0.25) is 0 Å². The molecule has 0 atom stereocenters. The fraction of sp³-hybridized carbons (Fsp3) is 0.353. The standard InChI is InChI=1S/C17H20ClN3/c1-21(12-14-3-2-4-15(18)9-14)17-10-13(7-8-19-17)11-20-16-5-6-16/h2-4,7-10,16,20H,5-6,11-12H2,1H3. The van der Waals surface area contributed by atoms with Crippen LogP contribution in [0.3, 0.4) is 0 Å². The molecule has 1 aromatic carbocycles. The number of nitrogens with one attached hydrogen (secondary N) is 1. The van der Waals surface area contributed by atoms with Gasteiger partial charge in [-0.1, -0.05) is 23.7 Å². The van der Waals surface area contributed by atoms with Gasteiger partial charge < -0.3 is 10.2 Å². The SMILES string of the molecule is CN(Cc1cccc(Cl)c1)c1cc(CNC2CC2)ccn1. The summed E-state index contributed by atoms with van der Waals surface area (Å²) in [4.78, 5) is 6.61. The van der Waals surface area contributed by atoms with E-state index in [1.165, 1.54) is 24.0 Å². The highest BCUT2D eigenvalue weighted by molar-refractivity contribution is 6.30. The minimum absolute atomic E-state index is 0.728. The molecule has 3 rings (SSSR count). The Labute approximate surface area is 131 Å². The minimum Gasteiger partial charge on any atom is -0.355 e. The van der Waals surface area contributed by atoms with E-state index >= 15 is 0 Å². The molecule has 0 saturated heterocycles.